The van der Waals surface area contributed by atoms with E-state index in [2.05, 4.69) is 64.0 Å². The monoisotopic (exact) mass is 875 g/mol. The fourth-order valence-corrected chi connectivity index (χ4v) is 10.3. The lowest BCUT2D eigenvalue weighted by Crippen LogP contribution is -2.37. The molecule has 0 amide bonds. The fraction of sp³-hybridized carbons (Fsp3) is 0.385. The van der Waals surface area contributed by atoms with Crippen molar-refractivity contribution in [3.8, 4) is 0 Å². The first kappa shape index (κ1) is 43.1. The number of hydrogen-bond acceptors (Lipinski definition) is 11. The van der Waals surface area contributed by atoms with Gasteiger partial charge >= 0.3 is 0 Å². The first-order valence-corrected chi connectivity index (χ1v) is 24.9. The number of thiazole rings is 1. The molecule has 0 saturated heterocycles. The third kappa shape index (κ3) is 12.0. The van der Waals surface area contributed by atoms with Crippen molar-refractivity contribution >= 4 is 81.8 Å². The lowest BCUT2D eigenvalue weighted by molar-refractivity contribution is -0.670. The molecule has 2 N–H and O–H groups in total. The minimum absolute atomic E-state index is 0.191. The molecule has 6 rings (SSSR count). The van der Waals surface area contributed by atoms with Gasteiger partial charge in [0.15, 0.2) is 6.54 Å². The molecule has 1 aliphatic carbocycles. The number of ether oxygens (including phenoxy) is 2. The van der Waals surface area contributed by atoms with Gasteiger partial charge in [0.1, 0.15) is 11.3 Å². The van der Waals surface area contributed by atoms with Gasteiger partial charge in [0.2, 0.25) is 5.52 Å². The van der Waals surface area contributed by atoms with Crippen molar-refractivity contribution in [3.05, 3.63) is 99.8 Å². The number of aryl methyl sites for hydroxylation is 1. The summed E-state index contributed by atoms with van der Waals surface area (Å²) >= 11 is 3.31. The Labute approximate surface area is 344 Å². The third-order valence-corrected chi connectivity index (χ3v) is 14.1. The maximum atomic E-state index is 12.4. The van der Waals surface area contributed by atoms with E-state index >= 15 is 0 Å². The highest BCUT2D eigenvalue weighted by atomic mass is 32.2. The summed E-state index contributed by atoms with van der Waals surface area (Å²) in [6, 6.07) is 14.1. The highest BCUT2D eigenvalue weighted by molar-refractivity contribution is 8.03. The van der Waals surface area contributed by atoms with Gasteiger partial charge in [-0.05, 0) is 98.2 Å². The molecule has 3 heterocycles. The van der Waals surface area contributed by atoms with E-state index in [1.807, 2.05) is 35.1 Å². The highest BCUT2D eigenvalue weighted by Gasteiger charge is 2.26. The topological polar surface area (TPSA) is 169 Å². The van der Waals surface area contributed by atoms with Crippen LogP contribution in [0.1, 0.15) is 42.7 Å². The molecule has 2 aliphatic rings. The number of allylic oxidation sites excluding steroid dienone is 6. The molecular weight excluding hydrogens is 829 g/mol. The van der Waals surface area contributed by atoms with Crippen LogP contribution in [0, 0.1) is 6.92 Å². The van der Waals surface area contributed by atoms with Crippen LogP contribution in [0.25, 0.3) is 22.0 Å². The maximum Gasteiger partial charge on any atom is 0.264 e. The summed E-state index contributed by atoms with van der Waals surface area (Å²) in [5, 5.41) is 6.67. The van der Waals surface area contributed by atoms with Crippen molar-refractivity contribution in [3.63, 3.8) is 0 Å². The largest absolute Gasteiger partial charge is 0.380 e. The predicted octanol–water partition coefficient (Wildman–Crippen LogP) is 6.51. The van der Waals surface area contributed by atoms with Gasteiger partial charge in [-0.25, -0.2) is 4.68 Å². The predicted molar refractivity (Wildman–Crippen MR) is 227 cm³/mol. The Morgan fingerprint density at radius 2 is 1.70 bits per heavy atom. The van der Waals surface area contributed by atoms with Crippen LogP contribution in [-0.4, -0.2) is 90.7 Å². The fourth-order valence-electron chi connectivity index (χ4n) is 6.66. The molecule has 306 valence electrons. The van der Waals surface area contributed by atoms with Crippen molar-refractivity contribution < 1.29 is 44.2 Å². The first-order valence-electron chi connectivity index (χ1n) is 18.5. The van der Waals surface area contributed by atoms with Crippen LogP contribution in [0.3, 0.4) is 0 Å². The van der Waals surface area contributed by atoms with E-state index in [0.29, 0.717) is 26.3 Å². The van der Waals surface area contributed by atoms with Crippen LogP contribution in [-0.2, 0) is 47.1 Å². The van der Waals surface area contributed by atoms with E-state index < -0.39 is 31.0 Å². The second-order valence-corrected chi connectivity index (χ2v) is 20.3. The quantitative estimate of drug-likeness (QED) is 0.0596. The Balaban J connectivity index is 1.28. The van der Waals surface area contributed by atoms with Crippen molar-refractivity contribution in [2.45, 2.75) is 55.4 Å². The number of nitrogens with zero attached hydrogens (tertiary/aromatic N) is 4. The maximum absolute atomic E-state index is 12.4. The van der Waals surface area contributed by atoms with E-state index in [1.165, 1.54) is 0 Å². The van der Waals surface area contributed by atoms with Crippen molar-refractivity contribution in [2.75, 3.05) is 55.6 Å². The van der Waals surface area contributed by atoms with E-state index in [9.17, 15) is 21.0 Å². The molecule has 1 aliphatic heterocycles. The molecule has 1 atom stereocenters. The summed E-state index contributed by atoms with van der Waals surface area (Å²) in [6.07, 6.45) is 17.0. The second-order valence-electron chi connectivity index (χ2n) is 13.6. The van der Waals surface area contributed by atoms with Crippen LogP contribution in [0.5, 0.6) is 0 Å². The Bertz CT molecular complexity index is 2440. The third-order valence-electron chi connectivity index (χ3n) is 9.31. The second kappa shape index (κ2) is 19.5. The lowest BCUT2D eigenvalue weighted by Gasteiger charge is -2.23. The molecule has 13 nitrogen and oxygen atoms in total. The van der Waals surface area contributed by atoms with Gasteiger partial charge in [-0.15, -0.1) is 0 Å². The first-order chi connectivity index (χ1) is 27.3. The summed E-state index contributed by atoms with van der Waals surface area (Å²) in [4.78, 5) is 4.09. The summed E-state index contributed by atoms with van der Waals surface area (Å²) < 4.78 is 91.5. The average molecular weight is 876 g/mol. The SMILES string of the molecule is Cc1ccc2c(c1)N(CCOCCCS(=O)(=O)O)C(=CC=C1CCCC(C=Cc3sc4ccc(S(C)=O)cc4[n+]3CCOCCCS(=O)(=O)O)=C1n1cccn1)S2. The Morgan fingerprint density at radius 3 is 2.40 bits per heavy atom. The minimum atomic E-state index is -4.05. The van der Waals surface area contributed by atoms with Crippen LogP contribution >= 0.6 is 23.1 Å². The number of rotatable bonds is 19. The summed E-state index contributed by atoms with van der Waals surface area (Å²) in [5.41, 5.74) is 6.46. The van der Waals surface area contributed by atoms with Gasteiger partial charge in [0.25, 0.3) is 25.2 Å². The van der Waals surface area contributed by atoms with Crippen molar-refractivity contribution in [1.82, 2.24) is 9.78 Å². The molecule has 4 aromatic rings. The van der Waals surface area contributed by atoms with E-state index in [0.717, 1.165) is 77.4 Å². The smallest absolute Gasteiger partial charge is 0.264 e. The molecule has 2 aromatic carbocycles. The number of fused-ring (bicyclic) bond motifs is 2. The van der Waals surface area contributed by atoms with Crippen LogP contribution in [0.2, 0.25) is 0 Å². The van der Waals surface area contributed by atoms with Crippen molar-refractivity contribution in [2.24, 2.45) is 0 Å². The molecule has 0 saturated carbocycles. The average Bonchev–Trinajstić information content (AvgIpc) is 3.89. The summed E-state index contributed by atoms with van der Waals surface area (Å²) in [5.74, 6) is -0.686. The van der Waals surface area contributed by atoms with Gasteiger partial charge in [0.05, 0.1) is 45.3 Å². The highest BCUT2D eigenvalue weighted by Crippen LogP contribution is 2.46. The zero-order valence-corrected chi connectivity index (χ0v) is 35.9. The zero-order chi connectivity index (χ0) is 40.6. The standard InChI is InChI=1S/C39H46N4O9S5/c1-29-9-13-35-33(27-29)41(19-23-51-21-5-25-56(45,46)47)37(53-35)15-10-30-7-3-8-31(39(30)43-18-4-17-40-43)11-16-38-42(20-24-52-22-6-26-57(48,49)50)34-28-32(55(2)44)12-14-36(34)54-38/h4,9-18,27-28H,3,5-8,19-26H2,1-2H3,(H-,45,46,47,48,49,50)/p+1. The van der Waals surface area contributed by atoms with Gasteiger partial charge < -0.3 is 14.4 Å². The number of aromatic nitrogens is 3. The Hall–Kier alpha value is -3.46. The number of hydrogen-bond donors (Lipinski definition) is 2. The molecular formula is C39H47N4O9S5+. The van der Waals surface area contributed by atoms with Gasteiger partial charge in [-0.3, -0.25) is 13.3 Å². The number of thioether (sulfide) groups is 1. The molecule has 57 heavy (non-hydrogen) atoms. The molecule has 1 unspecified atom stereocenters. The Kier molecular flexibility index (Phi) is 14.8. The van der Waals surface area contributed by atoms with Gasteiger partial charge in [-0.1, -0.05) is 35.2 Å². The minimum Gasteiger partial charge on any atom is -0.380 e. The van der Waals surface area contributed by atoms with Gasteiger partial charge in [0, 0.05) is 60.3 Å². The van der Waals surface area contributed by atoms with Crippen LogP contribution in [0.4, 0.5) is 5.69 Å². The van der Waals surface area contributed by atoms with E-state index in [-0.39, 0.29) is 37.6 Å². The van der Waals surface area contributed by atoms with E-state index in [1.54, 1.807) is 35.6 Å². The van der Waals surface area contributed by atoms with Crippen LogP contribution in [0.15, 0.2) is 99.1 Å². The molecule has 18 heteroatoms. The lowest BCUT2D eigenvalue weighted by atomic mass is 9.91. The van der Waals surface area contributed by atoms with E-state index in [4.69, 9.17) is 18.6 Å². The molecule has 2 aromatic heterocycles. The normalized spacial score (nSPS) is 17.2. The summed E-state index contributed by atoms with van der Waals surface area (Å²) in [7, 11) is -9.23. The molecule has 0 radical (unpaired) electrons. The molecule has 0 spiro atoms. The number of anilines is 1. The van der Waals surface area contributed by atoms with Crippen LogP contribution < -0.4 is 9.47 Å². The summed E-state index contributed by atoms with van der Waals surface area (Å²) in [6.45, 7) is 4.25. The van der Waals surface area contributed by atoms with Crippen molar-refractivity contribution in [1.29, 1.82) is 0 Å². The molecule has 0 fully saturated rings. The van der Waals surface area contributed by atoms with Gasteiger partial charge in [-0.2, -0.15) is 26.5 Å². The zero-order valence-electron chi connectivity index (χ0n) is 31.8. The number of benzene rings is 2. The Morgan fingerprint density at radius 1 is 0.947 bits per heavy atom. The molecule has 0 bridgehead atoms.